The second-order valence-corrected chi connectivity index (χ2v) is 6.74. The zero-order valence-corrected chi connectivity index (χ0v) is 13.6. The van der Waals surface area contributed by atoms with E-state index in [-0.39, 0.29) is 0 Å². The van der Waals surface area contributed by atoms with Crippen LogP contribution in [0.15, 0.2) is 15.0 Å². The van der Waals surface area contributed by atoms with Gasteiger partial charge in [0.25, 0.3) is 11.4 Å². The lowest BCUT2D eigenvalue weighted by molar-refractivity contribution is -0.144. The molecule has 0 aliphatic carbocycles. The molecule has 5 N–H and O–H groups in total. The zero-order chi connectivity index (χ0) is 19.3. The molecule has 3 rings (SSSR count). The number of hydrogen-bond donors (Lipinski definition) is 5. The van der Waals surface area contributed by atoms with Crippen molar-refractivity contribution in [3.8, 4) is 0 Å². The van der Waals surface area contributed by atoms with Gasteiger partial charge < -0.3 is 29.8 Å². The van der Waals surface area contributed by atoms with E-state index in [1.165, 1.54) is 0 Å². The molecule has 14 nitrogen and oxygen atoms in total. The number of amidine groups is 1. The van der Waals surface area contributed by atoms with Crippen LogP contribution in [0.2, 0.25) is 0 Å². The lowest BCUT2D eigenvalue weighted by atomic mass is 9.97. The summed E-state index contributed by atoms with van der Waals surface area (Å²) in [5.41, 5.74) is -2.43. The summed E-state index contributed by atoms with van der Waals surface area (Å²) in [5.74, 6) is -3.16. The Morgan fingerprint density at radius 1 is 1.38 bits per heavy atom. The van der Waals surface area contributed by atoms with Gasteiger partial charge in [0.15, 0.2) is 12.1 Å². The van der Waals surface area contributed by atoms with Crippen LogP contribution in [0, 0.1) is 0 Å². The first kappa shape index (κ1) is 18.7. The molecule has 3 heterocycles. The molecule has 5 atom stereocenters. The number of ether oxygens (including phenoxy) is 1. The Kier molecular flexibility index (Phi) is 4.52. The van der Waals surface area contributed by atoms with E-state index in [0.717, 1.165) is 17.6 Å². The predicted octanol–water partition coefficient (Wildman–Crippen LogP) is -3.32. The summed E-state index contributed by atoms with van der Waals surface area (Å²) in [6.07, 6.45) is -4.33. The van der Waals surface area contributed by atoms with Crippen LogP contribution in [-0.4, -0.2) is 97.1 Å². The first-order valence-electron chi connectivity index (χ1n) is 7.02. The summed E-state index contributed by atoms with van der Waals surface area (Å²) >= 11 is 0. The van der Waals surface area contributed by atoms with Gasteiger partial charge in [0.05, 0.1) is 12.9 Å². The summed E-state index contributed by atoms with van der Waals surface area (Å²) in [7, 11) is -4.84. The minimum Gasteiger partial charge on any atom is -0.479 e. The Balaban J connectivity index is 1.84. The van der Waals surface area contributed by atoms with Crippen molar-refractivity contribution in [2.45, 2.75) is 30.1 Å². The van der Waals surface area contributed by atoms with Crippen LogP contribution in [-0.2, 0) is 23.4 Å². The molecule has 142 valence electrons. The van der Waals surface area contributed by atoms with Crippen LogP contribution in [0.4, 0.5) is 0 Å². The Hall–Kier alpha value is -2.06. The number of phosphoric ester groups is 1. The predicted molar refractivity (Wildman–Crippen MR) is 80.3 cm³/mol. The van der Waals surface area contributed by atoms with Gasteiger partial charge in [-0.25, -0.2) is 19.3 Å². The summed E-state index contributed by atoms with van der Waals surface area (Å²) < 4.78 is 20.3. The Morgan fingerprint density at radius 3 is 2.69 bits per heavy atom. The highest BCUT2D eigenvalue weighted by Gasteiger charge is 2.60. The number of amides is 1. The number of aliphatic carboxylic acids is 1. The maximum atomic E-state index is 12.0. The maximum Gasteiger partial charge on any atom is 0.469 e. The number of aliphatic imine (C=N–C) groups is 3. The number of rotatable bonds is 5. The van der Waals surface area contributed by atoms with Gasteiger partial charge in [-0.2, -0.15) is 4.99 Å². The number of phosphoric acid groups is 1. The minimum atomic E-state index is -4.84. The highest BCUT2D eigenvalue weighted by atomic mass is 31.2. The van der Waals surface area contributed by atoms with Gasteiger partial charge in [0.1, 0.15) is 24.7 Å². The number of carbonyl (C=O) groups excluding carboxylic acids is 1. The normalized spacial score (nSPS) is 36.4. The van der Waals surface area contributed by atoms with E-state index >= 15 is 0 Å². The fraction of sp³-hybridized carbons (Fsp3) is 0.545. The smallest absolute Gasteiger partial charge is 0.469 e. The number of nitrogens with zero attached hydrogens (tertiary/aromatic N) is 4. The third kappa shape index (κ3) is 2.87. The van der Waals surface area contributed by atoms with E-state index in [1.807, 2.05) is 0 Å². The van der Waals surface area contributed by atoms with Gasteiger partial charge in [0, 0.05) is 0 Å². The van der Waals surface area contributed by atoms with Crippen LogP contribution in [0.1, 0.15) is 0 Å². The quantitative estimate of drug-likeness (QED) is 0.231. The van der Waals surface area contributed by atoms with Crippen molar-refractivity contribution in [1.82, 2.24) is 4.90 Å². The van der Waals surface area contributed by atoms with E-state index in [9.17, 15) is 29.5 Å². The van der Waals surface area contributed by atoms with Gasteiger partial charge in [-0.3, -0.25) is 14.2 Å². The SMILES string of the molecule is O=C(O)C12N=CN([C@@H]3O[C@H](COP(=O)(O)O)[C@@H](O)[C@H]3O)C1=NC=NC2=O. The minimum absolute atomic E-state index is 0.405. The molecule has 0 aromatic carbocycles. The van der Waals surface area contributed by atoms with Crippen molar-refractivity contribution in [2.75, 3.05) is 6.61 Å². The lowest BCUT2D eigenvalue weighted by Crippen LogP contribution is -2.57. The van der Waals surface area contributed by atoms with E-state index in [0.29, 0.717) is 0 Å². The highest BCUT2D eigenvalue weighted by Crippen LogP contribution is 2.38. The maximum absolute atomic E-state index is 12.0. The molecule has 1 unspecified atom stereocenters. The number of aliphatic hydroxyl groups excluding tert-OH is 2. The largest absolute Gasteiger partial charge is 0.479 e. The molecule has 0 aromatic rings. The van der Waals surface area contributed by atoms with E-state index in [1.54, 1.807) is 0 Å². The number of carboxylic acid groups (broad SMARTS) is 1. The molecule has 0 spiro atoms. The molecule has 1 amide bonds. The molecule has 15 heteroatoms. The van der Waals surface area contributed by atoms with Crippen molar-refractivity contribution in [1.29, 1.82) is 0 Å². The molecule has 1 saturated heterocycles. The van der Waals surface area contributed by atoms with Crippen molar-refractivity contribution >= 4 is 38.2 Å². The molecule has 3 aliphatic rings. The third-order valence-corrected chi connectivity index (χ3v) is 4.42. The molecule has 0 saturated carbocycles. The van der Waals surface area contributed by atoms with Gasteiger partial charge >= 0.3 is 13.8 Å². The molecular weight excluding hydrogens is 379 g/mol. The molecule has 1 fully saturated rings. The first-order valence-corrected chi connectivity index (χ1v) is 8.55. The number of hydrogen-bond acceptors (Lipinski definition) is 10. The average Bonchev–Trinajstić information content (AvgIpc) is 3.06. The molecule has 0 bridgehead atoms. The fourth-order valence-electron chi connectivity index (χ4n) is 2.68. The summed E-state index contributed by atoms with van der Waals surface area (Å²) in [6, 6.07) is 0. The van der Waals surface area contributed by atoms with Crippen molar-refractivity contribution in [2.24, 2.45) is 15.0 Å². The van der Waals surface area contributed by atoms with Gasteiger partial charge in [-0.05, 0) is 0 Å². The topological polar surface area (TPSA) is 211 Å². The van der Waals surface area contributed by atoms with Crippen molar-refractivity contribution in [3.63, 3.8) is 0 Å². The number of carboxylic acids is 1. The molecule has 0 radical (unpaired) electrons. The van der Waals surface area contributed by atoms with Gasteiger partial charge in [-0.1, -0.05) is 0 Å². The Labute approximate surface area is 144 Å². The van der Waals surface area contributed by atoms with E-state index < -0.39 is 62.2 Å². The fourth-order valence-corrected chi connectivity index (χ4v) is 3.03. The van der Waals surface area contributed by atoms with Crippen molar-refractivity contribution < 1.29 is 48.5 Å². The highest BCUT2D eigenvalue weighted by molar-refractivity contribution is 7.46. The van der Waals surface area contributed by atoms with Crippen LogP contribution in [0.5, 0.6) is 0 Å². The standard InChI is InChI=1S/C11H13N4O10P/c16-5-4(1-24-26(21,22)23)25-7(6(5)17)15-3-14-11(10(19)20)8(15)12-2-13-9(11)18/h2-7,16-17H,1H2,(H,19,20)(H2,21,22,23)/t4-,5-,6-,7-,11?/m1/s1. The third-order valence-electron chi connectivity index (χ3n) is 3.94. The van der Waals surface area contributed by atoms with E-state index in [2.05, 4.69) is 19.5 Å². The Morgan fingerprint density at radius 2 is 2.08 bits per heavy atom. The van der Waals surface area contributed by atoms with Crippen molar-refractivity contribution in [3.05, 3.63) is 0 Å². The van der Waals surface area contributed by atoms with Crippen LogP contribution < -0.4 is 0 Å². The van der Waals surface area contributed by atoms with Gasteiger partial charge in [0.2, 0.25) is 0 Å². The molecule has 26 heavy (non-hydrogen) atoms. The zero-order valence-electron chi connectivity index (χ0n) is 12.7. The summed E-state index contributed by atoms with van der Waals surface area (Å²) in [6.45, 7) is -0.749. The number of aliphatic hydroxyl groups is 2. The molecular formula is C11H13N4O10P. The number of carbonyl (C=O) groups is 2. The first-order chi connectivity index (χ1) is 12.1. The molecule has 0 aromatic heterocycles. The summed E-state index contributed by atoms with van der Waals surface area (Å²) in [4.78, 5) is 52.6. The van der Waals surface area contributed by atoms with E-state index in [4.69, 9.17) is 14.5 Å². The number of fused-ring (bicyclic) bond motifs is 1. The van der Waals surface area contributed by atoms with Crippen LogP contribution in [0.3, 0.4) is 0 Å². The average molecular weight is 392 g/mol. The van der Waals surface area contributed by atoms with Gasteiger partial charge in [-0.15, -0.1) is 0 Å². The lowest BCUT2D eigenvalue weighted by Gasteiger charge is -2.29. The molecule has 3 aliphatic heterocycles. The summed E-state index contributed by atoms with van der Waals surface area (Å²) in [5, 5.41) is 29.5. The monoisotopic (exact) mass is 392 g/mol. The van der Waals surface area contributed by atoms with Crippen LogP contribution in [0.25, 0.3) is 0 Å². The second-order valence-electron chi connectivity index (χ2n) is 5.50. The van der Waals surface area contributed by atoms with Crippen LogP contribution >= 0.6 is 7.82 Å². The second kappa shape index (κ2) is 6.28. The Bertz CT molecular complexity index is 777.